The zero-order valence-corrected chi connectivity index (χ0v) is 11.1. The quantitative estimate of drug-likeness (QED) is 0.874. The Kier molecular flexibility index (Phi) is 4.22. The van der Waals surface area contributed by atoms with Gasteiger partial charge in [0.2, 0.25) is 11.8 Å². The number of hydrogen-bond donors (Lipinski definition) is 1. The number of thioether (sulfide) groups is 1. The number of anilines is 1. The fourth-order valence-electron chi connectivity index (χ4n) is 1.21. The Balaban J connectivity index is 1.88. The van der Waals surface area contributed by atoms with Gasteiger partial charge in [-0.1, -0.05) is 35.5 Å². The number of rotatable bonds is 4. The minimum atomic E-state index is -0.177. The van der Waals surface area contributed by atoms with Crippen LogP contribution in [0.25, 0.3) is 0 Å². The van der Waals surface area contributed by atoms with E-state index in [-0.39, 0.29) is 11.7 Å². The molecule has 0 saturated heterocycles. The van der Waals surface area contributed by atoms with Crippen LogP contribution in [0, 0.1) is 6.92 Å². The van der Waals surface area contributed by atoms with Crippen LogP contribution in [0.4, 0.5) is 5.69 Å². The molecule has 0 atom stereocenters. The van der Waals surface area contributed by atoms with E-state index in [4.69, 9.17) is 16.0 Å². The molecule has 7 heteroatoms. The third-order valence-corrected chi connectivity index (χ3v) is 3.13. The summed E-state index contributed by atoms with van der Waals surface area (Å²) in [7, 11) is 0. The van der Waals surface area contributed by atoms with E-state index in [2.05, 4.69) is 15.5 Å². The third-order valence-electron chi connectivity index (χ3n) is 1.98. The number of nitrogens with one attached hydrogen (secondary N) is 1. The van der Waals surface area contributed by atoms with Crippen molar-refractivity contribution in [2.45, 2.75) is 12.1 Å². The Morgan fingerprint density at radius 2 is 2.22 bits per heavy atom. The molecule has 1 heterocycles. The number of benzene rings is 1. The molecule has 0 unspecified atom stereocenters. The first-order valence-electron chi connectivity index (χ1n) is 5.12. The van der Waals surface area contributed by atoms with Crippen LogP contribution in [0.2, 0.25) is 5.02 Å². The van der Waals surface area contributed by atoms with Crippen LogP contribution >= 0.6 is 23.4 Å². The molecular formula is C11H10ClN3O2S. The lowest BCUT2D eigenvalue weighted by atomic mass is 10.3. The van der Waals surface area contributed by atoms with E-state index in [0.29, 0.717) is 21.8 Å². The van der Waals surface area contributed by atoms with Gasteiger partial charge in [0.05, 0.1) is 16.5 Å². The number of aryl methyl sites for hydroxylation is 1. The summed E-state index contributed by atoms with van der Waals surface area (Å²) < 4.78 is 5.14. The molecule has 94 valence electrons. The lowest BCUT2D eigenvalue weighted by molar-refractivity contribution is -0.113. The Bertz CT molecular complexity index is 559. The maximum absolute atomic E-state index is 11.7. The van der Waals surface area contributed by atoms with Gasteiger partial charge in [-0.2, -0.15) is 0 Å². The number of carbonyl (C=O) groups is 1. The van der Waals surface area contributed by atoms with Gasteiger partial charge in [0.25, 0.3) is 5.22 Å². The summed E-state index contributed by atoms with van der Waals surface area (Å²) in [6.45, 7) is 1.70. The van der Waals surface area contributed by atoms with E-state index >= 15 is 0 Å². The predicted octanol–water partition coefficient (Wildman–Crippen LogP) is 2.76. The van der Waals surface area contributed by atoms with Crippen molar-refractivity contribution in [2.24, 2.45) is 0 Å². The summed E-state index contributed by atoms with van der Waals surface area (Å²) in [6, 6.07) is 7.05. The minimum Gasteiger partial charge on any atom is -0.416 e. The standard InChI is InChI=1S/C11H10ClN3O2S/c1-7-14-15-11(17-7)18-6-10(16)13-9-5-3-2-4-8(9)12/h2-5H,6H2,1H3,(H,13,16). The number of carbonyl (C=O) groups excluding carboxylic acids is 1. The molecule has 0 bridgehead atoms. The molecule has 1 N–H and O–H groups in total. The summed E-state index contributed by atoms with van der Waals surface area (Å²) in [5, 5.41) is 11.0. The van der Waals surface area contributed by atoms with Gasteiger partial charge in [-0.15, -0.1) is 10.2 Å². The van der Waals surface area contributed by atoms with Gasteiger partial charge >= 0.3 is 0 Å². The van der Waals surface area contributed by atoms with Gasteiger partial charge in [-0.3, -0.25) is 4.79 Å². The maximum atomic E-state index is 11.7. The monoisotopic (exact) mass is 283 g/mol. The highest BCUT2D eigenvalue weighted by Gasteiger charge is 2.09. The minimum absolute atomic E-state index is 0.177. The topological polar surface area (TPSA) is 68.0 Å². The summed E-state index contributed by atoms with van der Waals surface area (Å²) in [6.07, 6.45) is 0. The van der Waals surface area contributed by atoms with Gasteiger partial charge in [-0.05, 0) is 12.1 Å². The molecule has 1 aromatic heterocycles. The first-order chi connectivity index (χ1) is 8.65. The van der Waals surface area contributed by atoms with Crippen molar-refractivity contribution in [3.05, 3.63) is 35.2 Å². The van der Waals surface area contributed by atoms with Gasteiger partial charge in [0, 0.05) is 6.92 Å². The fraction of sp³-hybridized carbons (Fsp3) is 0.182. The van der Waals surface area contributed by atoms with Crippen molar-refractivity contribution < 1.29 is 9.21 Å². The second-order valence-electron chi connectivity index (χ2n) is 3.40. The van der Waals surface area contributed by atoms with E-state index in [1.165, 1.54) is 11.8 Å². The largest absolute Gasteiger partial charge is 0.416 e. The number of para-hydroxylation sites is 1. The second-order valence-corrected chi connectivity index (χ2v) is 4.74. The van der Waals surface area contributed by atoms with Crippen LogP contribution in [-0.4, -0.2) is 21.9 Å². The molecule has 0 radical (unpaired) electrons. The number of amides is 1. The highest BCUT2D eigenvalue weighted by atomic mass is 35.5. The van der Waals surface area contributed by atoms with Crippen molar-refractivity contribution in [3.8, 4) is 0 Å². The number of hydrogen-bond acceptors (Lipinski definition) is 5. The zero-order chi connectivity index (χ0) is 13.0. The van der Waals surface area contributed by atoms with Crippen LogP contribution in [0.3, 0.4) is 0 Å². The van der Waals surface area contributed by atoms with E-state index in [1.807, 2.05) is 0 Å². The molecule has 0 aliphatic heterocycles. The van der Waals surface area contributed by atoms with Gasteiger partial charge in [-0.25, -0.2) is 0 Å². The van der Waals surface area contributed by atoms with Gasteiger partial charge in [0.1, 0.15) is 0 Å². The molecule has 0 spiro atoms. The molecule has 0 aliphatic carbocycles. The van der Waals surface area contributed by atoms with Crippen LogP contribution in [-0.2, 0) is 4.79 Å². The third kappa shape index (κ3) is 3.48. The maximum Gasteiger partial charge on any atom is 0.277 e. The predicted molar refractivity (Wildman–Crippen MR) is 69.8 cm³/mol. The molecule has 0 fully saturated rings. The van der Waals surface area contributed by atoms with Crippen LogP contribution < -0.4 is 5.32 Å². The van der Waals surface area contributed by atoms with Gasteiger partial charge in [0.15, 0.2) is 0 Å². The first kappa shape index (κ1) is 12.9. The van der Waals surface area contributed by atoms with Crippen molar-refractivity contribution in [1.29, 1.82) is 0 Å². The Morgan fingerprint density at radius 3 is 2.89 bits per heavy atom. The Labute approximate surface area is 113 Å². The van der Waals surface area contributed by atoms with Crippen molar-refractivity contribution >= 4 is 35.0 Å². The van der Waals surface area contributed by atoms with E-state index in [0.717, 1.165) is 0 Å². The second kappa shape index (κ2) is 5.88. The molecule has 1 amide bonds. The molecule has 1 aromatic carbocycles. The molecule has 2 aromatic rings. The summed E-state index contributed by atoms with van der Waals surface area (Å²) in [4.78, 5) is 11.7. The number of nitrogens with zero attached hydrogens (tertiary/aromatic N) is 2. The highest BCUT2D eigenvalue weighted by Crippen LogP contribution is 2.21. The first-order valence-corrected chi connectivity index (χ1v) is 6.49. The number of halogens is 1. The number of aromatic nitrogens is 2. The lowest BCUT2D eigenvalue weighted by Gasteiger charge is -2.05. The highest BCUT2D eigenvalue weighted by molar-refractivity contribution is 7.99. The molecule has 18 heavy (non-hydrogen) atoms. The van der Waals surface area contributed by atoms with E-state index in [1.54, 1.807) is 31.2 Å². The molecule has 2 rings (SSSR count). The summed E-state index contributed by atoms with van der Waals surface area (Å²) in [5.74, 6) is 0.486. The smallest absolute Gasteiger partial charge is 0.277 e. The van der Waals surface area contributed by atoms with Gasteiger partial charge < -0.3 is 9.73 Å². The summed E-state index contributed by atoms with van der Waals surface area (Å²) in [5.41, 5.74) is 0.589. The van der Waals surface area contributed by atoms with Crippen molar-refractivity contribution in [2.75, 3.05) is 11.1 Å². The van der Waals surface area contributed by atoms with Crippen LogP contribution in [0.1, 0.15) is 5.89 Å². The molecule has 5 nitrogen and oxygen atoms in total. The molecule has 0 saturated carbocycles. The van der Waals surface area contributed by atoms with Crippen molar-refractivity contribution in [1.82, 2.24) is 10.2 Å². The average molecular weight is 284 g/mol. The lowest BCUT2D eigenvalue weighted by Crippen LogP contribution is -2.14. The Morgan fingerprint density at radius 1 is 1.44 bits per heavy atom. The van der Waals surface area contributed by atoms with Crippen LogP contribution in [0.15, 0.2) is 33.9 Å². The average Bonchev–Trinajstić information content (AvgIpc) is 2.76. The SMILES string of the molecule is Cc1nnc(SCC(=O)Nc2ccccc2Cl)o1. The molecule has 0 aliphatic rings. The molecular weight excluding hydrogens is 274 g/mol. The zero-order valence-electron chi connectivity index (χ0n) is 9.51. The van der Waals surface area contributed by atoms with Crippen molar-refractivity contribution in [3.63, 3.8) is 0 Å². The Hall–Kier alpha value is -1.53. The fourth-order valence-corrected chi connectivity index (χ4v) is 2.00. The summed E-state index contributed by atoms with van der Waals surface area (Å²) >= 11 is 7.11. The normalized spacial score (nSPS) is 10.3. The van der Waals surface area contributed by atoms with E-state index < -0.39 is 0 Å². The van der Waals surface area contributed by atoms with E-state index in [9.17, 15) is 4.79 Å². The van der Waals surface area contributed by atoms with Crippen LogP contribution in [0.5, 0.6) is 0 Å².